The smallest absolute Gasteiger partial charge is 0.246 e. The number of para-hydroxylation sites is 2. The number of hydrogen-bond acceptors (Lipinski definition) is 15. The summed E-state index contributed by atoms with van der Waals surface area (Å²) in [7, 11) is 3.35. The van der Waals surface area contributed by atoms with Crippen LogP contribution >= 0.6 is 22.9 Å². The topological polar surface area (TPSA) is 201 Å². The summed E-state index contributed by atoms with van der Waals surface area (Å²) in [4.78, 5) is 64.4. The number of β-amino-alcohol motifs (C(OH)–C–C–N with tert-alkyl or cyclic N) is 1. The number of aliphatic hydroxyl groups excluding tert-OH is 1. The van der Waals surface area contributed by atoms with Crippen LogP contribution in [0, 0.1) is 18.3 Å². The second-order valence-corrected chi connectivity index (χ2v) is 22.1. The average Bonchev–Trinajstić information content (AvgIpc) is 4.01. The van der Waals surface area contributed by atoms with Gasteiger partial charge < -0.3 is 45.8 Å². The van der Waals surface area contributed by atoms with E-state index in [0.29, 0.717) is 45.5 Å². The number of piperazine rings is 1. The van der Waals surface area contributed by atoms with Gasteiger partial charge in [-0.2, -0.15) is 4.98 Å². The molecular formula is C52H67ClN12O6S2. The fourth-order valence-corrected chi connectivity index (χ4v) is 10.9. The number of aryl methyl sites for hydroxylation is 1. The molecule has 3 aliphatic heterocycles. The second kappa shape index (κ2) is 24.0. The molecule has 18 nitrogen and oxygen atoms in total. The summed E-state index contributed by atoms with van der Waals surface area (Å²) in [5, 5.41) is 23.5. The highest BCUT2D eigenvalue weighted by Crippen LogP contribution is 2.36. The van der Waals surface area contributed by atoms with Crippen molar-refractivity contribution in [1.82, 2.24) is 40.3 Å². The molecule has 0 aliphatic carbocycles. The Kier molecular flexibility index (Phi) is 17.5. The van der Waals surface area contributed by atoms with E-state index in [9.17, 15) is 23.7 Å². The first-order chi connectivity index (χ1) is 35.1. The summed E-state index contributed by atoms with van der Waals surface area (Å²) in [6.45, 7) is 14.1. The molecule has 0 saturated carbocycles. The molecule has 5 heterocycles. The molecular weight excluding hydrogens is 988 g/mol. The van der Waals surface area contributed by atoms with Crippen molar-refractivity contribution in [2.45, 2.75) is 71.7 Å². The van der Waals surface area contributed by atoms with Gasteiger partial charge in [-0.3, -0.25) is 23.6 Å². The number of likely N-dealkylation sites (tertiary alicyclic amines) is 1. The molecule has 0 unspecified atom stereocenters. The number of aliphatic hydroxyl groups is 1. The number of carbonyl (C=O) groups is 3. The first kappa shape index (κ1) is 53.4. The summed E-state index contributed by atoms with van der Waals surface area (Å²) in [5.74, 6) is 0.966. The zero-order valence-corrected chi connectivity index (χ0v) is 44.8. The number of amides is 3. The fraction of sp³-hybridized carbons (Fsp3) is 0.462. The van der Waals surface area contributed by atoms with Gasteiger partial charge in [-0.15, -0.1) is 11.3 Å². The predicted octanol–water partition coefficient (Wildman–Crippen LogP) is 6.00. The van der Waals surface area contributed by atoms with Crippen LogP contribution in [0.2, 0.25) is 5.02 Å². The summed E-state index contributed by atoms with van der Waals surface area (Å²) in [5.41, 5.74) is 7.29. The van der Waals surface area contributed by atoms with Gasteiger partial charge in [0.1, 0.15) is 34.7 Å². The van der Waals surface area contributed by atoms with Gasteiger partial charge in [-0.1, -0.05) is 68.8 Å². The fourth-order valence-electron chi connectivity index (χ4n) is 9.71. The van der Waals surface area contributed by atoms with Gasteiger partial charge in [-0.25, -0.2) is 14.2 Å². The van der Waals surface area contributed by atoms with E-state index in [4.69, 9.17) is 16.3 Å². The van der Waals surface area contributed by atoms with Gasteiger partial charge in [0.15, 0.2) is 5.82 Å². The van der Waals surface area contributed by atoms with Crippen LogP contribution in [0.3, 0.4) is 0 Å². The number of rotatable bonds is 18. The van der Waals surface area contributed by atoms with Crippen molar-refractivity contribution in [3.05, 3.63) is 94.7 Å². The minimum atomic E-state index is -0.888. The van der Waals surface area contributed by atoms with Crippen LogP contribution in [0.25, 0.3) is 10.4 Å². The molecule has 21 heteroatoms. The third-order valence-electron chi connectivity index (χ3n) is 13.8. The Bertz CT molecular complexity index is 2730. The lowest BCUT2D eigenvalue weighted by Crippen LogP contribution is -2.59. The second-order valence-electron chi connectivity index (χ2n) is 20.1. The molecule has 3 amide bonds. The number of ether oxygens (including phenoxy) is 1. The summed E-state index contributed by atoms with van der Waals surface area (Å²) in [6, 6.07) is 19.7. The zero-order chi connectivity index (χ0) is 51.8. The number of nitrogens with one attached hydrogen (secondary N) is 4. The molecule has 0 spiro atoms. The van der Waals surface area contributed by atoms with Crippen LogP contribution in [0.4, 0.5) is 34.5 Å². The van der Waals surface area contributed by atoms with Crippen molar-refractivity contribution >= 4 is 87.0 Å². The number of thiol groups is 1. The number of carbonyl (C=O) groups excluding carboxylic acids is 3. The van der Waals surface area contributed by atoms with Gasteiger partial charge in [0.2, 0.25) is 23.7 Å². The molecule has 0 bridgehead atoms. The molecule has 2 aromatic heterocycles. The van der Waals surface area contributed by atoms with Crippen LogP contribution in [-0.4, -0.2) is 148 Å². The number of nitrogens with zero attached hydrogens (tertiary/aromatic N) is 8. The summed E-state index contributed by atoms with van der Waals surface area (Å²) >= 11 is 7.93. The number of halogens is 1. The molecule has 8 rings (SSSR count). The van der Waals surface area contributed by atoms with Crippen LogP contribution in [0.1, 0.15) is 51.3 Å². The maximum absolute atomic E-state index is 14.2. The Morgan fingerprint density at radius 3 is 2.37 bits per heavy atom. The highest BCUT2D eigenvalue weighted by molar-refractivity contribution is 7.67. The van der Waals surface area contributed by atoms with E-state index in [1.165, 1.54) is 11.1 Å². The predicted molar refractivity (Wildman–Crippen MR) is 290 cm³/mol. The molecule has 390 valence electrons. The largest absolute Gasteiger partial charge is 0.494 e. The molecule has 3 atom stereocenters. The monoisotopic (exact) mass is 1050 g/mol. The molecule has 3 aliphatic rings. The molecule has 3 fully saturated rings. The van der Waals surface area contributed by atoms with Crippen LogP contribution in [0.15, 0.2) is 78.4 Å². The number of methoxy groups -OCH3 is 1. The third-order valence-corrected chi connectivity index (χ3v) is 15.6. The highest BCUT2D eigenvalue weighted by Gasteiger charge is 2.44. The van der Waals surface area contributed by atoms with Crippen molar-refractivity contribution in [1.29, 1.82) is 0 Å². The van der Waals surface area contributed by atoms with Crippen LogP contribution in [-0.2, 0) is 32.8 Å². The molecule has 3 saturated heterocycles. The Balaban J connectivity index is 0.777. The van der Waals surface area contributed by atoms with Crippen molar-refractivity contribution in [2.75, 3.05) is 92.9 Å². The number of anilines is 6. The normalized spacial score (nSPS) is 18.3. The van der Waals surface area contributed by atoms with Gasteiger partial charge in [0.05, 0.1) is 59.1 Å². The van der Waals surface area contributed by atoms with Crippen molar-refractivity contribution in [3.63, 3.8) is 0 Å². The minimum absolute atomic E-state index is 0.0210. The summed E-state index contributed by atoms with van der Waals surface area (Å²) in [6.07, 6.45) is 2.90. The number of hydrogen-bond donors (Lipinski definition) is 6. The zero-order valence-electron chi connectivity index (χ0n) is 42.3. The van der Waals surface area contributed by atoms with Crippen LogP contribution in [0.5, 0.6) is 5.75 Å². The van der Waals surface area contributed by atoms with E-state index < -0.39 is 23.6 Å². The van der Waals surface area contributed by atoms with E-state index in [1.54, 1.807) is 29.8 Å². The summed E-state index contributed by atoms with van der Waals surface area (Å²) < 4.78 is 19.0. The van der Waals surface area contributed by atoms with E-state index in [2.05, 4.69) is 57.0 Å². The SMILES string of the molecule is COc1cc(N2CCC(CN3CCN(CC(=O)N[C@H](C(=O)N4C[C@H](O)C[C@H]4C(=O)NCc4ccc(-c5scnc5C)cc4)C(C)(C)C)CC3)CC2)ccc1Nc1ncc(Cl)c(Nc2ccccc2N(C)[SH]=O)n1. The van der Waals surface area contributed by atoms with Gasteiger partial charge in [0.25, 0.3) is 0 Å². The van der Waals surface area contributed by atoms with E-state index in [1.807, 2.05) is 93.9 Å². The lowest BCUT2D eigenvalue weighted by Gasteiger charge is -2.39. The molecule has 0 radical (unpaired) electrons. The average molecular weight is 1060 g/mol. The minimum Gasteiger partial charge on any atom is -0.494 e. The van der Waals surface area contributed by atoms with Crippen molar-refractivity contribution < 1.29 is 28.4 Å². The van der Waals surface area contributed by atoms with E-state index in [0.717, 1.165) is 86.0 Å². The van der Waals surface area contributed by atoms with Gasteiger partial charge in [0, 0.05) is 84.1 Å². The molecule has 73 heavy (non-hydrogen) atoms. The maximum atomic E-state index is 14.2. The molecule has 3 aromatic carbocycles. The Morgan fingerprint density at radius 2 is 1.68 bits per heavy atom. The van der Waals surface area contributed by atoms with Gasteiger partial charge >= 0.3 is 0 Å². The lowest BCUT2D eigenvalue weighted by molar-refractivity contribution is -0.144. The van der Waals surface area contributed by atoms with Gasteiger partial charge in [-0.05, 0) is 66.5 Å². The Labute approximate surface area is 440 Å². The highest BCUT2D eigenvalue weighted by atomic mass is 35.5. The standard InChI is InChI=1S/C52H67ClN12O6S2/c1-33-46(72-32-56-33)36-13-11-34(12-14-36)27-54-49(68)43-26-38(66)30-65(43)50(69)47(52(2,3)4)59-45(67)31-63-23-21-62(22-24-63)29-35-17-19-64(20-18-35)37-15-16-41(44(25-37)71-6)58-51-55-28-39(53)48(60-51)57-40-9-7-8-10-42(40)61(5)73-70/h7-16,25,28,32,35,38,43,47,66,73H,17-24,26-27,29-31H2,1-6H3,(H,54,68)(H,59,67)(H2,55,57,58,60)/t38-,43+,47-/m1/s1. The van der Waals surface area contributed by atoms with Crippen molar-refractivity contribution in [2.24, 2.45) is 11.3 Å². The lowest BCUT2D eigenvalue weighted by atomic mass is 9.85. The first-order valence-electron chi connectivity index (χ1n) is 24.7. The maximum Gasteiger partial charge on any atom is 0.246 e. The first-order valence-corrected chi connectivity index (χ1v) is 26.7. The molecule has 5 N–H and O–H groups in total. The number of aromatic nitrogens is 3. The quantitative estimate of drug-likeness (QED) is 0.0559. The Hall–Kier alpha value is -5.90. The van der Waals surface area contributed by atoms with Crippen molar-refractivity contribution in [3.8, 4) is 16.2 Å². The molecule has 5 aromatic rings. The van der Waals surface area contributed by atoms with E-state index >= 15 is 0 Å². The third kappa shape index (κ3) is 13.5. The Morgan fingerprint density at radius 1 is 0.959 bits per heavy atom. The number of piperidine rings is 1. The van der Waals surface area contributed by atoms with Crippen LogP contribution < -0.4 is 35.2 Å². The number of benzene rings is 3. The number of thiazole rings is 1. The van der Waals surface area contributed by atoms with E-state index in [-0.39, 0.29) is 55.6 Å².